The van der Waals surface area contributed by atoms with Gasteiger partial charge >= 0.3 is 11.9 Å². The zero-order valence-electron chi connectivity index (χ0n) is 30.6. The molecule has 0 amide bonds. The van der Waals surface area contributed by atoms with Crippen molar-refractivity contribution in [1.82, 2.24) is 0 Å². The van der Waals surface area contributed by atoms with Crippen LogP contribution in [0.1, 0.15) is 86.0 Å². The number of fused-ring (bicyclic) bond motifs is 4. The SMILES string of the molecule is C=C(CCC(C)C)COC(=O)[C@H](O)C/C=C/C[C@@H]1O[C@@H]2/C=C\C/C=C/C(C)=C\[C@H]3O[C@@H](C/C=C/C=C/C(=O)O[C@H](C2)[C@@]1(C)CO)C[C@H](O)[C@H]3C. The number of hydrogen-bond donors (Lipinski definition) is 3. The smallest absolute Gasteiger partial charge is 0.335 e. The summed E-state index contributed by atoms with van der Waals surface area (Å²) in [7, 11) is 0. The molecular weight excluding hydrogens is 636 g/mol. The highest BCUT2D eigenvalue weighted by atomic mass is 16.6. The van der Waals surface area contributed by atoms with Gasteiger partial charge in [0, 0.05) is 31.3 Å². The molecule has 0 saturated carbocycles. The summed E-state index contributed by atoms with van der Waals surface area (Å²) in [6, 6.07) is 0. The highest BCUT2D eigenvalue weighted by Gasteiger charge is 2.49. The second kappa shape index (κ2) is 20.7. The molecule has 3 rings (SSSR count). The maximum atomic E-state index is 13.0. The fraction of sp³-hybridized carbons (Fsp3) is 0.610. The van der Waals surface area contributed by atoms with Gasteiger partial charge in [-0.3, -0.25) is 0 Å². The largest absolute Gasteiger partial charge is 0.459 e. The Labute approximate surface area is 299 Å². The van der Waals surface area contributed by atoms with E-state index in [2.05, 4.69) is 26.5 Å². The molecule has 0 aromatic heterocycles. The lowest BCUT2D eigenvalue weighted by Gasteiger charge is -2.47. The zero-order chi connectivity index (χ0) is 36.7. The molecule has 50 heavy (non-hydrogen) atoms. The molecule has 3 aliphatic heterocycles. The molecule has 278 valence electrons. The van der Waals surface area contributed by atoms with E-state index in [-0.39, 0.29) is 43.9 Å². The van der Waals surface area contributed by atoms with E-state index in [0.29, 0.717) is 38.0 Å². The summed E-state index contributed by atoms with van der Waals surface area (Å²) in [4.78, 5) is 25.3. The maximum Gasteiger partial charge on any atom is 0.335 e. The average Bonchev–Trinajstić information content (AvgIpc) is 3.07. The van der Waals surface area contributed by atoms with Gasteiger partial charge in [0.2, 0.25) is 0 Å². The van der Waals surface area contributed by atoms with E-state index in [1.807, 2.05) is 57.2 Å². The molecule has 2 saturated heterocycles. The van der Waals surface area contributed by atoms with E-state index in [0.717, 1.165) is 24.0 Å². The predicted molar refractivity (Wildman–Crippen MR) is 195 cm³/mol. The van der Waals surface area contributed by atoms with Crippen LogP contribution >= 0.6 is 0 Å². The number of carbonyl (C=O) groups excluding carboxylic acids is 2. The Bertz CT molecular complexity index is 1290. The van der Waals surface area contributed by atoms with Crippen molar-refractivity contribution in [3.63, 3.8) is 0 Å². The first-order chi connectivity index (χ1) is 23.8. The molecule has 4 bridgehead atoms. The van der Waals surface area contributed by atoms with E-state index in [1.54, 1.807) is 18.2 Å². The van der Waals surface area contributed by atoms with Gasteiger partial charge in [-0.05, 0) is 50.5 Å². The Morgan fingerprint density at radius 1 is 1.14 bits per heavy atom. The van der Waals surface area contributed by atoms with Crippen LogP contribution in [-0.2, 0) is 28.5 Å². The number of aliphatic hydroxyl groups is 3. The van der Waals surface area contributed by atoms with Crippen molar-refractivity contribution in [2.45, 2.75) is 129 Å². The molecule has 0 aromatic carbocycles. The van der Waals surface area contributed by atoms with Gasteiger partial charge in [0.25, 0.3) is 0 Å². The highest BCUT2D eigenvalue weighted by Crippen LogP contribution is 2.41. The first-order valence-electron chi connectivity index (χ1n) is 18.1. The van der Waals surface area contributed by atoms with Crippen LogP contribution in [0.2, 0.25) is 0 Å². The third-order valence-electron chi connectivity index (χ3n) is 9.79. The zero-order valence-corrected chi connectivity index (χ0v) is 30.6. The van der Waals surface area contributed by atoms with Crippen molar-refractivity contribution in [3.8, 4) is 0 Å². The lowest BCUT2D eigenvalue weighted by molar-refractivity contribution is -0.198. The molecule has 0 aliphatic carbocycles. The molecule has 2 fully saturated rings. The molecular formula is C41H60O9. The Morgan fingerprint density at radius 3 is 2.66 bits per heavy atom. The van der Waals surface area contributed by atoms with Crippen molar-refractivity contribution in [3.05, 3.63) is 84.6 Å². The van der Waals surface area contributed by atoms with Crippen LogP contribution in [0.4, 0.5) is 0 Å². The van der Waals surface area contributed by atoms with Gasteiger partial charge in [-0.25, -0.2) is 9.59 Å². The molecule has 0 unspecified atom stereocenters. The lowest BCUT2D eigenvalue weighted by Crippen LogP contribution is -2.55. The fourth-order valence-corrected chi connectivity index (χ4v) is 6.27. The maximum absolute atomic E-state index is 13.0. The van der Waals surface area contributed by atoms with Gasteiger partial charge in [-0.2, -0.15) is 0 Å². The number of carbonyl (C=O) groups is 2. The van der Waals surface area contributed by atoms with Crippen LogP contribution in [0.15, 0.2) is 84.6 Å². The number of aliphatic hydroxyl groups excluding tert-OH is 3. The number of allylic oxidation sites excluding steroid dienone is 6. The third kappa shape index (κ3) is 13.2. The summed E-state index contributed by atoms with van der Waals surface area (Å²) in [5.41, 5.74) is 0.954. The molecule has 0 aromatic rings. The van der Waals surface area contributed by atoms with E-state index >= 15 is 0 Å². The molecule has 9 nitrogen and oxygen atoms in total. The minimum absolute atomic E-state index is 0.0218. The first-order valence-corrected chi connectivity index (χ1v) is 18.1. The topological polar surface area (TPSA) is 132 Å². The molecule has 0 radical (unpaired) electrons. The molecule has 9 atom stereocenters. The minimum Gasteiger partial charge on any atom is -0.459 e. The quantitative estimate of drug-likeness (QED) is 0.166. The van der Waals surface area contributed by atoms with Crippen LogP contribution < -0.4 is 0 Å². The predicted octanol–water partition coefficient (Wildman–Crippen LogP) is 6.41. The Morgan fingerprint density at radius 2 is 1.92 bits per heavy atom. The van der Waals surface area contributed by atoms with Gasteiger partial charge in [0.1, 0.15) is 12.7 Å². The van der Waals surface area contributed by atoms with E-state index < -0.39 is 41.8 Å². The monoisotopic (exact) mass is 696 g/mol. The molecule has 3 heterocycles. The molecule has 9 heteroatoms. The standard InChI is InChI=1S/C41H60O9/c1-28(2)21-22-30(4)26-47-40(46)34(43)18-13-14-19-37-41(6,27-42)38-25-33(49-37)17-10-7-9-15-29(3)23-36-31(5)35(44)24-32(48-36)16-11-8-12-20-39(45)50-38/h8-15,17,20,23,28,31-38,42-44H,4,7,16,18-19,21-22,24-27H2,1-3,5-6H3/b11-8+,14-13+,15-9+,17-10-,20-12+,29-23-/t31-,32+,33-,34-,35+,36-,37+,38-,41+/m1/s1. The molecule has 3 N–H and O–H groups in total. The average molecular weight is 697 g/mol. The van der Waals surface area contributed by atoms with Gasteiger partial charge in [0.15, 0.2) is 6.10 Å². The second-order valence-corrected chi connectivity index (χ2v) is 14.6. The van der Waals surface area contributed by atoms with Crippen LogP contribution in [0.25, 0.3) is 0 Å². The Hall–Kier alpha value is -3.08. The van der Waals surface area contributed by atoms with Crippen molar-refractivity contribution in [1.29, 1.82) is 0 Å². The third-order valence-corrected chi connectivity index (χ3v) is 9.79. The van der Waals surface area contributed by atoms with Crippen LogP contribution in [0, 0.1) is 17.3 Å². The Kier molecular flexibility index (Phi) is 17.1. The molecule has 3 aliphatic rings. The van der Waals surface area contributed by atoms with Crippen molar-refractivity contribution >= 4 is 11.9 Å². The second-order valence-electron chi connectivity index (χ2n) is 14.6. The van der Waals surface area contributed by atoms with Crippen LogP contribution in [0.5, 0.6) is 0 Å². The van der Waals surface area contributed by atoms with E-state index in [1.165, 1.54) is 6.08 Å². The van der Waals surface area contributed by atoms with Crippen molar-refractivity contribution in [2.75, 3.05) is 13.2 Å². The minimum atomic E-state index is -1.31. The van der Waals surface area contributed by atoms with Crippen LogP contribution in [-0.4, -0.2) is 83.2 Å². The van der Waals surface area contributed by atoms with Crippen molar-refractivity contribution in [2.24, 2.45) is 17.3 Å². The summed E-state index contributed by atoms with van der Waals surface area (Å²) in [5, 5.41) is 31.6. The Balaban J connectivity index is 1.71. The van der Waals surface area contributed by atoms with E-state index in [9.17, 15) is 24.9 Å². The number of rotatable bonds is 11. The number of esters is 2. The number of ether oxygens (including phenoxy) is 4. The summed E-state index contributed by atoms with van der Waals surface area (Å²) in [6.45, 7) is 13.9. The lowest BCUT2D eigenvalue weighted by atomic mass is 9.73. The van der Waals surface area contributed by atoms with Gasteiger partial charge in [0.05, 0.1) is 42.5 Å². The normalized spacial score (nSPS) is 35.3. The summed E-state index contributed by atoms with van der Waals surface area (Å²) < 4.78 is 23.9. The summed E-state index contributed by atoms with van der Waals surface area (Å²) in [5.74, 6) is -0.720. The first kappa shape index (κ1) is 41.3. The van der Waals surface area contributed by atoms with Crippen molar-refractivity contribution < 1.29 is 43.9 Å². The van der Waals surface area contributed by atoms with Gasteiger partial charge < -0.3 is 34.3 Å². The highest BCUT2D eigenvalue weighted by molar-refractivity contribution is 5.82. The fourth-order valence-electron chi connectivity index (χ4n) is 6.27. The van der Waals surface area contributed by atoms with Gasteiger partial charge in [-0.15, -0.1) is 0 Å². The van der Waals surface area contributed by atoms with Crippen LogP contribution in [0.3, 0.4) is 0 Å². The van der Waals surface area contributed by atoms with Gasteiger partial charge in [-0.1, -0.05) is 101 Å². The molecule has 0 spiro atoms. The number of hydrogen-bond acceptors (Lipinski definition) is 9. The summed E-state index contributed by atoms with van der Waals surface area (Å²) in [6.07, 6.45) is 21.0. The summed E-state index contributed by atoms with van der Waals surface area (Å²) >= 11 is 0. The van der Waals surface area contributed by atoms with E-state index in [4.69, 9.17) is 18.9 Å².